The highest BCUT2D eigenvalue weighted by Gasteiger charge is 2.36. The number of anilines is 1. The second-order valence-corrected chi connectivity index (χ2v) is 5.16. The summed E-state index contributed by atoms with van der Waals surface area (Å²) >= 11 is 0. The quantitative estimate of drug-likeness (QED) is 0.814. The molecule has 21 heavy (non-hydrogen) atoms. The number of amides is 1. The monoisotopic (exact) mass is 283 g/mol. The maximum absolute atomic E-state index is 12.3. The topological polar surface area (TPSA) is 46.6 Å². The summed E-state index contributed by atoms with van der Waals surface area (Å²) in [5.41, 5.74) is 0.866. The Balaban J connectivity index is 1.93. The van der Waals surface area contributed by atoms with E-state index in [0.29, 0.717) is 13.2 Å². The lowest BCUT2D eigenvalue weighted by Gasteiger charge is -2.18. The molecule has 4 heteroatoms. The van der Waals surface area contributed by atoms with E-state index in [4.69, 9.17) is 4.74 Å². The van der Waals surface area contributed by atoms with Crippen molar-refractivity contribution in [3.63, 3.8) is 0 Å². The molecule has 1 saturated heterocycles. The average molecular weight is 283 g/mol. The van der Waals surface area contributed by atoms with Gasteiger partial charge in [-0.15, -0.1) is 0 Å². The summed E-state index contributed by atoms with van der Waals surface area (Å²) in [5.74, 6) is -0.672. The van der Waals surface area contributed by atoms with Crippen LogP contribution in [0, 0.1) is 5.92 Å². The summed E-state index contributed by atoms with van der Waals surface area (Å²) in [4.78, 5) is 25.8. The molecule has 2 aromatic rings. The zero-order chi connectivity index (χ0) is 14.8. The third kappa shape index (κ3) is 2.49. The molecular formula is C17H17NO3. The Morgan fingerprint density at radius 3 is 2.81 bits per heavy atom. The third-order valence-corrected chi connectivity index (χ3v) is 3.80. The zero-order valence-corrected chi connectivity index (χ0v) is 11.9. The van der Waals surface area contributed by atoms with Gasteiger partial charge < -0.3 is 9.64 Å². The van der Waals surface area contributed by atoms with Crippen molar-refractivity contribution in [1.82, 2.24) is 0 Å². The van der Waals surface area contributed by atoms with Crippen molar-refractivity contribution >= 4 is 28.3 Å². The highest BCUT2D eigenvalue weighted by atomic mass is 16.5. The van der Waals surface area contributed by atoms with Gasteiger partial charge in [-0.3, -0.25) is 9.59 Å². The van der Waals surface area contributed by atoms with Gasteiger partial charge in [0.05, 0.1) is 18.2 Å². The van der Waals surface area contributed by atoms with Gasteiger partial charge in [0.15, 0.2) is 0 Å². The first kappa shape index (κ1) is 13.6. The van der Waals surface area contributed by atoms with Gasteiger partial charge >= 0.3 is 5.97 Å². The molecule has 0 N–H and O–H groups in total. The van der Waals surface area contributed by atoms with E-state index in [1.165, 1.54) is 0 Å². The fourth-order valence-corrected chi connectivity index (χ4v) is 2.80. The number of carbonyl (C=O) groups is 2. The van der Waals surface area contributed by atoms with Crippen molar-refractivity contribution in [3.05, 3.63) is 42.5 Å². The maximum atomic E-state index is 12.3. The summed E-state index contributed by atoms with van der Waals surface area (Å²) in [5, 5.41) is 2.11. The summed E-state index contributed by atoms with van der Waals surface area (Å²) in [6.45, 7) is 2.51. The molecule has 1 heterocycles. The largest absolute Gasteiger partial charge is 0.466 e. The number of rotatable bonds is 3. The molecule has 0 saturated carbocycles. The molecule has 3 rings (SSSR count). The minimum absolute atomic E-state index is 0.0237. The molecule has 4 nitrogen and oxygen atoms in total. The van der Waals surface area contributed by atoms with Crippen molar-refractivity contribution < 1.29 is 14.3 Å². The van der Waals surface area contributed by atoms with Crippen LogP contribution in [0.2, 0.25) is 0 Å². The predicted octanol–water partition coefficient (Wildman–Crippen LogP) is 2.76. The molecule has 108 valence electrons. The Kier molecular flexibility index (Phi) is 3.60. The number of benzene rings is 2. The average Bonchev–Trinajstić information content (AvgIpc) is 2.89. The smallest absolute Gasteiger partial charge is 0.311 e. The van der Waals surface area contributed by atoms with Gasteiger partial charge in [-0.1, -0.05) is 36.4 Å². The molecule has 2 aromatic carbocycles. The predicted molar refractivity (Wildman–Crippen MR) is 81.0 cm³/mol. The van der Waals surface area contributed by atoms with Crippen LogP contribution in [-0.4, -0.2) is 25.0 Å². The molecule has 0 bridgehead atoms. The van der Waals surface area contributed by atoms with E-state index in [9.17, 15) is 9.59 Å². The van der Waals surface area contributed by atoms with Crippen molar-refractivity contribution in [1.29, 1.82) is 0 Å². The molecule has 1 atom stereocenters. The third-order valence-electron chi connectivity index (χ3n) is 3.80. The molecule has 1 aliphatic heterocycles. The summed E-state index contributed by atoms with van der Waals surface area (Å²) in [6.07, 6.45) is 0.224. The Hall–Kier alpha value is -2.36. The van der Waals surface area contributed by atoms with Gasteiger partial charge in [-0.25, -0.2) is 0 Å². The fourth-order valence-electron chi connectivity index (χ4n) is 2.80. The van der Waals surface area contributed by atoms with Gasteiger partial charge in [0.25, 0.3) is 0 Å². The number of nitrogens with zero attached hydrogens (tertiary/aromatic N) is 1. The van der Waals surface area contributed by atoms with E-state index in [1.54, 1.807) is 11.8 Å². The highest BCUT2D eigenvalue weighted by molar-refractivity contribution is 6.06. The number of hydrogen-bond acceptors (Lipinski definition) is 3. The number of ether oxygens (including phenoxy) is 1. The van der Waals surface area contributed by atoms with Gasteiger partial charge in [-0.05, 0) is 18.4 Å². The zero-order valence-electron chi connectivity index (χ0n) is 11.9. The van der Waals surface area contributed by atoms with E-state index in [-0.39, 0.29) is 24.2 Å². The maximum Gasteiger partial charge on any atom is 0.311 e. The van der Waals surface area contributed by atoms with E-state index < -0.39 is 0 Å². The van der Waals surface area contributed by atoms with Crippen LogP contribution in [0.4, 0.5) is 5.69 Å². The molecule has 1 amide bonds. The van der Waals surface area contributed by atoms with E-state index in [0.717, 1.165) is 16.5 Å². The molecular weight excluding hydrogens is 266 g/mol. The van der Waals surface area contributed by atoms with Crippen molar-refractivity contribution in [2.75, 3.05) is 18.1 Å². The Bertz CT molecular complexity index is 690. The lowest BCUT2D eigenvalue weighted by atomic mass is 10.1. The number of fused-ring (bicyclic) bond motifs is 1. The van der Waals surface area contributed by atoms with Gasteiger partial charge in [0.1, 0.15) is 0 Å². The summed E-state index contributed by atoms with van der Waals surface area (Å²) in [6, 6.07) is 13.8. The molecule has 0 unspecified atom stereocenters. The Labute approximate surface area is 123 Å². The van der Waals surface area contributed by atoms with Gasteiger partial charge in [0.2, 0.25) is 5.91 Å². The van der Waals surface area contributed by atoms with Crippen LogP contribution in [-0.2, 0) is 14.3 Å². The van der Waals surface area contributed by atoms with E-state index in [2.05, 4.69) is 0 Å². The molecule has 0 aromatic heterocycles. The summed E-state index contributed by atoms with van der Waals surface area (Å²) < 4.78 is 5.03. The minimum Gasteiger partial charge on any atom is -0.466 e. The number of carbonyl (C=O) groups excluding carboxylic acids is 2. The molecule has 1 fully saturated rings. The van der Waals surface area contributed by atoms with Gasteiger partial charge in [0, 0.05) is 18.4 Å². The second-order valence-electron chi connectivity index (χ2n) is 5.16. The van der Waals surface area contributed by atoms with E-state index >= 15 is 0 Å². The fraction of sp³-hybridized carbons (Fsp3) is 0.294. The van der Waals surface area contributed by atoms with Crippen LogP contribution >= 0.6 is 0 Å². The standard InChI is InChI=1S/C17H17NO3/c1-2-21-17(20)13-10-16(19)18(11-13)15-9-5-7-12-6-3-4-8-14(12)15/h3-9,13H,2,10-11H2,1H3/t13-/m0/s1. The first-order valence-corrected chi connectivity index (χ1v) is 7.15. The lowest BCUT2D eigenvalue weighted by Crippen LogP contribution is -2.26. The number of esters is 1. The van der Waals surface area contributed by atoms with Crippen molar-refractivity contribution in [2.24, 2.45) is 5.92 Å². The SMILES string of the molecule is CCOC(=O)[C@H]1CC(=O)N(c2cccc3ccccc23)C1. The van der Waals surface area contributed by atoms with Crippen LogP contribution in [0.1, 0.15) is 13.3 Å². The van der Waals surface area contributed by atoms with Gasteiger partial charge in [-0.2, -0.15) is 0 Å². The first-order chi connectivity index (χ1) is 10.2. The molecule has 0 spiro atoms. The normalized spacial score (nSPS) is 18.2. The minimum atomic E-state index is -0.364. The summed E-state index contributed by atoms with van der Waals surface area (Å²) in [7, 11) is 0. The highest BCUT2D eigenvalue weighted by Crippen LogP contribution is 2.31. The van der Waals surface area contributed by atoms with Crippen LogP contribution in [0.15, 0.2) is 42.5 Å². The Morgan fingerprint density at radius 2 is 2.00 bits per heavy atom. The van der Waals surface area contributed by atoms with Crippen molar-refractivity contribution in [2.45, 2.75) is 13.3 Å². The molecule has 0 aliphatic carbocycles. The van der Waals surface area contributed by atoms with Crippen LogP contribution in [0.25, 0.3) is 10.8 Å². The number of hydrogen-bond donors (Lipinski definition) is 0. The molecule has 1 aliphatic rings. The molecule has 0 radical (unpaired) electrons. The van der Waals surface area contributed by atoms with Crippen LogP contribution in [0.3, 0.4) is 0 Å². The van der Waals surface area contributed by atoms with E-state index in [1.807, 2.05) is 42.5 Å². The van der Waals surface area contributed by atoms with Crippen LogP contribution in [0.5, 0.6) is 0 Å². The first-order valence-electron chi connectivity index (χ1n) is 7.15. The van der Waals surface area contributed by atoms with Crippen molar-refractivity contribution in [3.8, 4) is 0 Å². The second kappa shape index (κ2) is 5.56. The Morgan fingerprint density at radius 1 is 1.24 bits per heavy atom. The van der Waals surface area contributed by atoms with Crippen LogP contribution < -0.4 is 4.90 Å². The lowest BCUT2D eigenvalue weighted by molar-refractivity contribution is -0.147.